The van der Waals surface area contributed by atoms with Gasteiger partial charge in [-0.3, -0.25) is 4.98 Å². The summed E-state index contributed by atoms with van der Waals surface area (Å²) >= 11 is 6.01. The van der Waals surface area contributed by atoms with Crippen LogP contribution in [0.3, 0.4) is 0 Å². The predicted molar refractivity (Wildman–Crippen MR) is 131 cm³/mol. The number of aromatic nitrogens is 1. The van der Waals surface area contributed by atoms with Crippen molar-refractivity contribution in [3.05, 3.63) is 100 Å². The van der Waals surface area contributed by atoms with Crippen molar-refractivity contribution in [1.29, 1.82) is 0 Å². The summed E-state index contributed by atoms with van der Waals surface area (Å²) in [5.41, 5.74) is -1.84. The summed E-state index contributed by atoms with van der Waals surface area (Å²) in [4.78, 5) is 17.1. The summed E-state index contributed by atoms with van der Waals surface area (Å²) in [5.74, 6) is -3.99. The van der Waals surface area contributed by atoms with E-state index in [4.69, 9.17) is 11.6 Å². The summed E-state index contributed by atoms with van der Waals surface area (Å²) in [6.07, 6.45) is -4.26. The maximum absolute atomic E-state index is 14.6. The number of carbonyl (C=O) groups excluding carboxylic acids is 1. The summed E-state index contributed by atoms with van der Waals surface area (Å²) < 4.78 is 82.9. The van der Waals surface area contributed by atoms with Crippen LogP contribution in [-0.4, -0.2) is 29.5 Å². The van der Waals surface area contributed by atoms with Crippen LogP contribution in [0.2, 0.25) is 5.02 Å². The minimum absolute atomic E-state index is 0.0327. The summed E-state index contributed by atoms with van der Waals surface area (Å²) in [6.45, 7) is -0.313. The number of hydrogen-bond donors (Lipinski definition) is 2. The number of benzene rings is 2. The minimum atomic E-state index is -4.83. The third-order valence-electron chi connectivity index (χ3n) is 6.63. The van der Waals surface area contributed by atoms with Crippen molar-refractivity contribution in [3.8, 4) is 0 Å². The Morgan fingerprint density at radius 2 is 1.76 bits per heavy atom. The number of nitrogens with zero attached hydrogens (tertiary/aromatic N) is 1. The van der Waals surface area contributed by atoms with Gasteiger partial charge in [0.1, 0.15) is 5.82 Å². The van der Waals surface area contributed by atoms with E-state index in [-0.39, 0.29) is 42.1 Å². The number of rotatable bonds is 7. The van der Waals surface area contributed by atoms with Crippen molar-refractivity contribution < 1.29 is 31.1 Å². The molecule has 1 fully saturated rings. The Labute approximate surface area is 220 Å². The Morgan fingerprint density at radius 1 is 1.05 bits per heavy atom. The molecule has 0 saturated heterocycles. The lowest BCUT2D eigenvalue weighted by Crippen LogP contribution is -2.49. The standard InChI is InChI=1S/C27H24ClF6N3O/c28-20-6-7-23(35-15-20)25(13-17-4-2-1-3-5-17,18-10-19(27(32,33)34)12-21(29)11-18)16-36-24(38)37-22-8-9-26(30,31)14-22/h1-7,10-12,15,22H,8-9,13-14,16H2,(H2,36,37,38)/t22?,25-/m0/s1. The molecule has 202 valence electrons. The van der Waals surface area contributed by atoms with Gasteiger partial charge in [0, 0.05) is 31.6 Å². The molecule has 2 aromatic carbocycles. The van der Waals surface area contributed by atoms with Gasteiger partial charge in [-0.05, 0) is 54.3 Å². The zero-order valence-corrected chi connectivity index (χ0v) is 20.7. The van der Waals surface area contributed by atoms with Crippen LogP contribution in [0.5, 0.6) is 0 Å². The highest BCUT2D eigenvalue weighted by atomic mass is 35.5. The zero-order chi connectivity index (χ0) is 27.6. The van der Waals surface area contributed by atoms with Crippen molar-refractivity contribution in [1.82, 2.24) is 15.6 Å². The predicted octanol–water partition coefficient (Wildman–Crippen LogP) is 6.91. The molecule has 4 nitrogen and oxygen atoms in total. The Bertz CT molecular complexity index is 1270. The van der Waals surface area contributed by atoms with Crippen LogP contribution < -0.4 is 10.6 Å². The normalized spacial score (nSPS) is 18.6. The molecule has 1 aliphatic rings. The topological polar surface area (TPSA) is 54.0 Å². The number of pyridine rings is 1. The van der Waals surface area contributed by atoms with Crippen molar-refractivity contribution in [2.45, 2.75) is 49.2 Å². The second kappa shape index (κ2) is 10.8. The number of carbonyl (C=O) groups is 1. The molecule has 0 radical (unpaired) electrons. The lowest BCUT2D eigenvalue weighted by Gasteiger charge is -2.35. The molecule has 1 aromatic heterocycles. The van der Waals surface area contributed by atoms with E-state index in [1.807, 2.05) is 0 Å². The summed E-state index contributed by atoms with van der Waals surface area (Å²) in [5, 5.41) is 5.39. The quantitative estimate of drug-likeness (QED) is 0.311. The first kappa shape index (κ1) is 27.8. The van der Waals surface area contributed by atoms with Crippen molar-refractivity contribution in [3.63, 3.8) is 0 Å². The lowest BCUT2D eigenvalue weighted by molar-refractivity contribution is -0.137. The highest BCUT2D eigenvalue weighted by Gasteiger charge is 2.42. The van der Waals surface area contributed by atoms with Crippen LogP contribution in [0.1, 0.15) is 41.6 Å². The van der Waals surface area contributed by atoms with Gasteiger partial charge in [-0.25, -0.2) is 18.0 Å². The first-order chi connectivity index (χ1) is 17.9. The molecule has 2 atom stereocenters. The van der Waals surface area contributed by atoms with Gasteiger partial charge in [0.05, 0.1) is 21.7 Å². The van der Waals surface area contributed by atoms with E-state index in [0.717, 1.165) is 12.1 Å². The van der Waals surface area contributed by atoms with Crippen molar-refractivity contribution >= 4 is 17.6 Å². The Hall–Kier alpha value is -3.27. The Kier molecular flexibility index (Phi) is 7.92. The van der Waals surface area contributed by atoms with Gasteiger partial charge in [-0.2, -0.15) is 13.2 Å². The maximum Gasteiger partial charge on any atom is 0.416 e. The number of hydrogen-bond acceptors (Lipinski definition) is 2. The molecule has 4 rings (SSSR count). The maximum atomic E-state index is 14.6. The molecule has 3 aromatic rings. The molecule has 2 amide bonds. The van der Waals surface area contributed by atoms with Crippen LogP contribution in [-0.2, 0) is 18.0 Å². The minimum Gasteiger partial charge on any atom is -0.337 e. The largest absolute Gasteiger partial charge is 0.416 e. The SMILES string of the molecule is O=C(NC[C@@](Cc1ccccc1)(c1cc(F)cc(C(F)(F)F)c1)c1ccc(Cl)cn1)NC1CCC(F)(F)C1. The number of amides is 2. The van der Waals surface area contributed by atoms with Crippen LogP contribution in [0, 0.1) is 5.82 Å². The van der Waals surface area contributed by atoms with Gasteiger partial charge >= 0.3 is 12.2 Å². The second-order valence-electron chi connectivity index (χ2n) is 9.46. The number of alkyl halides is 5. The van der Waals surface area contributed by atoms with E-state index in [1.165, 1.54) is 18.3 Å². The van der Waals surface area contributed by atoms with Crippen molar-refractivity contribution in [2.24, 2.45) is 0 Å². The first-order valence-electron chi connectivity index (χ1n) is 11.8. The van der Waals surface area contributed by atoms with E-state index in [2.05, 4.69) is 15.6 Å². The van der Waals surface area contributed by atoms with Crippen LogP contribution in [0.25, 0.3) is 0 Å². The lowest BCUT2D eigenvalue weighted by atomic mass is 9.72. The van der Waals surface area contributed by atoms with Gasteiger partial charge in [0.2, 0.25) is 5.92 Å². The van der Waals surface area contributed by atoms with Gasteiger partial charge in [-0.15, -0.1) is 0 Å². The van der Waals surface area contributed by atoms with E-state index < -0.39 is 47.4 Å². The number of urea groups is 1. The van der Waals surface area contributed by atoms with Crippen LogP contribution >= 0.6 is 11.6 Å². The average Bonchev–Trinajstić information content (AvgIpc) is 3.19. The average molecular weight is 556 g/mol. The van der Waals surface area contributed by atoms with E-state index >= 15 is 0 Å². The molecule has 1 aliphatic carbocycles. The third-order valence-corrected chi connectivity index (χ3v) is 6.86. The van der Waals surface area contributed by atoms with Crippen LogP contribution in [0.4, 0.5) is 31.1 Å². The molecule has 1 saturated carbocycles. The number of nitrogens with one attached hydrogen (secondary N) is 2. The smallest absolute Gasteiger partial charge is 0.337 e. The Balaban J connectivity index is 1.78. The van der Waals surface area contributed by atoms with E-state index in [0.29, 0.717) is 11.6 Å². The van der Waals surface area contributed by atoms with Gasteiger partial charge in [-0.1, -0.05) is 41.9 Å². The Morgan fingerprint density at radius 3 is 2.37 bits per heavy atom. The third kappa shape index (κ3) is 6.59. The monoisotopic (exact) mass is 555 g/mol. The molecule has 1 heterocycles. The molecule has 11 heteroatoms. The molecule has 0 spiro atoms. The molecule has 0 aliphatic heterocycles. The van der Waals surface area contributed by atoms with Gasteiger partial charge in [0.15, 0.2) is 0 Å². The van der Waals surface area contributed by atoms with Crippen molar-refractivity contribution in [2.75, 3.05) is 6.54 Å². The summed E-state index contributed by atoms with van der Waals surface area (Å²) in [7, 11) is 0. The second-order valence-corrected chi connectivity index (χ2v) is 9.89. The molecule has 0 bridgehead atoms. The molecule has 2 N–H and O–H groups in total. The first-order valence-corrected chi connectivity index (χ1v) is 12.2. The highest BCUT2D eigenvalue weighted by Crippen LogP contribution is 2.39. The fraction of sp³-hybridized carbons (Fsp3) is 0.333. The fourth-order valence-corrected chi connectivity index (χ4v) is 4.88. The summed E-state index contributed by atoms with van der Waals surface area (Å²) in [6, 6.07) is 12.4. The van der Waals surface area contributed by atoms with Gasteiger partial charge in [0.25, 0.3) is 0 Å². The van der Waals surface area contributed by atoms with E-state index in [9.17, 15) is 31.1 Å². The molecule has 38 heavy (non-hydrogen) atoms. The number of halogens is 7. The van der Waals surface area contributed by atoms with Crippen LogP contribution in [0.15, 0.2) is 66.9 Å². The fourth-order valence-electron chi connectivity index (χ4n) is 4.77. The molecular weight excluding hydrogens is 532 g/mol. The van der Waals surface area contributed by atoms with E-state index in [1.54, 1.807) is 30.3 Å². The highest BCUT2D eigenvalue weighted by molar-refractivity contribution is 6.30. The zero-order valence-electron chi connectivity index (χ0n) is 20.0. The molecule has 1 unspecified atom stereocenters. The molecular formula is C27H24ClF6N3O. The van der Waals surface area contributed by atoms with Gasteiger partial charge < -0.3 is 10.6 Å².